The van der Waals surface area contributed by atoms with E-state index < -0.39 is 0 Å². The minimum Gasteiger partial charge on any atom is -0.497 e. The Morgan fingerprint density at radius 1 is 1.00 bits per heavy atom. The third-order valence-electron chi connectivity index (χ3n) is 4.90. The summed E-state index contributed by atoms with van der Waals surface area (Å²) >= 11 is 0. The first-order chi connectivity index (χ1) is 14.2. The van der Waals surface area contributed by atoms with Crippen LogP contribution in [-0.4, -0.2) is 23.0 Å². The molecule has 1 unspecified atom stereocenters. The largest absolute Gasteiger partial charge is 0.497 e. The lowest BCUT2D eigenvalue weighted by atomic mass is 10.0. The maximum Gasteiger partial charge on any atom is 0.252 e. The van der Waals surface area contributed by atoms with Crippen LogP contribution < -0.4 is 10.1 Å². The Kier molecular flexibility index (Phi) is 5.20. The number of fused-ring (bicyclic) bond motifs is 1. The Hall–Kier alpha value is -3.73. The molecule has 0 fully saturated rings. The molecule has 0 bridgehead atoms. The summed E-state index contributed by atoms with van der Waals surface area (Å²) in [5.41, 5.74) is 4.05. The Morgan fingerprint density at radius 3 is 2.45 bits per heavy atom. The van der Waals surface area contributed by atoms with Gasteiger partial charge in [-0.05, 0) is 61.0 Å². The maximum absolute atomic E-state index is 13.2. The molecule has 2 heterocycles. The highest BCUT2D eigenvalue weighted by Gasteiger charge is 2.16. The molecule has 2 aromatic carbocycles. The van der Waals surface area contributed by atoms with Crippen molar-refractivity contribution in [1.82, 2.24) is 15.3 Å². The molecule has 0 saturated carbocycles. The third kappa shape index (κ3) is 3.94. The van der Waals surface area contributed by atoms with Crippen LogP contribution in [0.25, 0.3) is 22.2 Å². The Bertz CT molecular complexity index is 1140. The summed E-state index contributed by atoms with van der Waals surface area (Å²) < 4.78 is 5.23. The Morgan fingerprint density at radius 2 is 1.72 bits per heavy atom. The third-order valence-corrected chi connectivity index (χ3v) is 4.90. The zero-order valence-corrected chi connectivity index (χ0v) is 16.3. The normalized spacial score (nSPS) is 11.8. The van der Waals surface area contributed by atoms with Gasteiger partial charge in [0, 0.05) is 23.3 Å². The van der Waals surface area contributed by atoms with Crippen molar-refractivity contribution in [2.45, 2.75) is 13.0 Å². The summed E-state index contributed by atoms with van der Waals surface area (Å²) in [6, 6.07) is 20.9. The summed E-state index contributed by atoms with van der Waals surface area (Å²) in [5.74, 6) is 0.640. The molecule has 144 valence electrons. The van der Waals surface area contributed by atoms with Crippen LogP contribution in [0.2, 0.25) is 0 Å². The lowest BCUT2D eigenvalue weighted by Gasteiger charge is -2.16. The number of nitrogens with one attached hydrogen (secondary N) is 1. The fraction of sp³-hybridized carbons (Fsp3) is 0.125. The van der Waals surface area contributed by atoms with Gasteiger partial charge in [0.25, 0.3) is 5.91 Å². The number of ether oxygens (including phenoxy) is 1. The van der Waals surface area contributed by atoms with Gasteiger partial charge in [0.15, 0.2) is 0 Å². The number of nitrogens with zero attached hydrogens (tertiary/aromatic N) is 2. The van der Waals surface area contributed by atoms with Gasteiger partial charge < -0.3 is 10.1 Å². The Labute approximate surface area is 169 Å². The van der Waals surface area contributed by atoms with Crippen molar-refractivity contribution < 1.29 is 9.53 Å². The molecule has 29 heavy (non-hydrogen) atoms. The summed E-state index contributed by atoms with van der Waals surface area (Å²) in [7, 11) is 1.63. The van der Waals surface area contributed by atoms with E-state index in [9.17, 15) is 4.79 Å². The standard InChI is InChI=1S/C24H21N3O2/c1-16(17-11-13-25-14-12-17)26-24(28)21-15-23(18-7-9-19(29-2)10-8-18)27-22-6-4-3-5-20(21)22/h3-16H,1-2H3,(H,26,28). The molecule has 1 atom stereocenters. The molecule has 0 aliphatic rings. The van der Waals surface area contributed by atoms with Gasteiger partial charge in [-0.2, -0.15) is 0 Å². The van der Waals surface area contributed by atoms with Crippen LogP contribution in [0.1, 0.15) is 28.9 Å². The summed E-state index contributed by atoms with van der Waals surface area (Å²) in [6.45, 7) is 1.96. The molecule has 5 nitrogen and oxygen atoms in total. The van der Waals surface area contributed by atoms with E-state index in [1.54, 1.807) is 19.5 Å². The summed E-state index contributed by atoms with van der Waals surface area (Å²) in [4.78, 5) is 21.9. The molecular weight excluding hydrogens is 362 g/mol. The number of hydrogen-bond donors (Lipinski definition) is 1. The molecule has 4 rings (SSSR count). The smallest absolute Gasteiger partial charge is 0.252 e. The first-order valence-electron chi connectivity index (χ1n) is 9.40. The number of aromatic nitrogens is 2. The van der Waals surface area contributed by atoms with Gasteiger partial charge in [-0.15, -0.1) is 0 Å². The second-order valence-electron chi connectivity index (χ2n) is 6.78. The predicted octanol–water partition coefficient (Wildman–Crippen LogP) is 4.80. The highest BCUT2D eigenvalue weighted by molar-refractivity contribution is 6.07. The molecule has 0 spiro atoms. The van der Waals surface area contributed by atoms with Crippen LogP contribution in [0.3, 0.4) is 0 Å². The quantitative estimate of drug-likeness (QED) is 0.538. The van der Waals surface area contributed by atoms with Crippen molar-refractivity contribution >= 4 is 16.8 Å². The molecule has 0 aliphatic heterocycles. The molecule has 0 aliphatic carbocycles. The van der Waals surface area contributed by atoms with Gasteiger partial charge in [-0.25, -0.2) is 4.98 Å². The van der Waals surface area contributed by atoms with Crippen molar-refractivity contribution in [3.05, 3.63) is 90.3 Å². The lowest BCUT2D eigenvalue weighted by Crippen LogP contribution is -2.27. The minimum atomic E-state index is -0.137. The molecule has 4 aromatic rings. The van der Waals surface area contributed by atoms with Crippen LogP contribution in [0.15, 0.2) is 79.1 Å². The SMILES string of the molecule is COc1ccc(-c2cc(C(=O)NC(C)c3ccncc3)c3ccccc3n2)cc1. The summed E-state index contributed by atoms with van der Waals surface area (Å²) in [5, 5.41) is 3.91. The van der Waals surface area contributed by atoms with E-state index in [1.807, 2.05) is 73.7 Å². The van der Waals surface area contributed by atoms with Crippen LogP contribution >= 0.6 is 0 Å². The Balaban J connectivity index is 1.73. The summed E-state index contributed by atoms with van der Waals surface area (Å²) in [6.07, 6.45) is 3.45. The number of carbonyl (C=O) groups is 1. The molecule has 0 radical (unpaired) electrons. The number of hydrogen-bond acceptors (Lipinski definition) is 4. The fourth-order valence-corrected chi connectivity index (χ4v) is 3.28. The molecule has 1 N–H and O–H groups in total. The number of benzene rings is 2. The highest BCUT2D eigenvalue weighted by Crippen LogP contribution is 2.27. The monoisotopic (exact) mass is 383 g/mol. The van der Waals surface area contributed by atoms with E-state index in [4.69, 9.17) is 9.72 Å². The van der Waals surface area contributed by atoms with Crippen LogP contribution in [0.5, 0.6) is 5.75 Å². The van der Waals surface area contributed by atoms with Crippen LogP contribution in [-0.2, 0) is 0 Å². The van der Waals surface area contributed by atoms with Gasteiger partial charge in [-0.1, -0.05) is 18.2 Å². The van der Waals surface area contributed by atoms with E-state index in [1.165, 1.54) is 0 Å². The van der Waals surface area contributed by atoms with Crippen molar-refractivity contribution in [3.8, 4) is 17.0 Å². The van der Waals surface area contributed by atoms with Crippen molar-refractivity contribution in [2.75, 3.05) is 7.11 Å². The topological polar surface area (TPSA) is 64.1 Å². The van der Waals surface area contributed by atoms with E-state index in [0.29, 0.717) is 5.56 Å². The number of pyridine rings is 2. The van der Waals surface area contributed by atoms with E-state index in [0.717, 1.165) is 33.5 Å². The number of para-hydroxylation sites is 1. The molecule has 1 amide bonds. The fourth-order valence-electron chi connectivity index (χ4n) is 3.28. The molecular formula is C24H21N3O2. The average Bonchev–Trinajstić information content (AvgIpc) is 2.79. The molecule has 2 aromatic heterocycles. The number of methoxy groups -OCH3 is 1. The number of rotatable bonds is 5. The van der Waals surface area contributed by atoms with E-state index >= 15 is 0 Å². The first-order valence-corrected chi connectivity index (χ1v) is 9.40. The second-order valence-corrected chi connectivity index (χ2v) is 6.78. The van der Waals surface area contributed by atoms with Crippen molar-refractivity contribution in [3.63, 3.8) is 0 Å². The predicted molar refractivity (Wildman–Crippen MR) is 114 cm³/mol. The number of carbonyl (C=O) groups excluding carboxylic acids is 1. The first kappa shape index (κ1) is 18.6. The van der Waals surface area contributed by atoms with Gasteiger partial charge in [0.1, 0.15) is 5.75 Å². The van der Waals surface area contributed by atoms with E-state index in [2.05, 4.69) is 10.3 Å². The second kappa shape index (κ2) is 8.10. The number of amides is 1. The van der Waals surface area contributed by atoms with Gasteiger partial charge in [0.05, 0.1) is 29.9 Å². The van der Waals surface area contributed by atoms with E-state index in [-0.39, 0.29) is 11.9 Å². The maximum atomic E-state index is 13.2. The highest BCUT2D eigenvalue weighted by atomic mass is 16.5. The van der Waals surface area contributed by atoms with Gasteiger partial charge in [-0.3, -0.25) is 9.78 Å². The minimum absolute atomic E-state index is 0.136. The molecule has 0 saturated heterocycles. The van der Waals surface area contributed by atoms with Gasteiger partial charge in [0.2, 0.25) is 0 Å². The average molecular weight is 383 g/mol. The zero-order chi connectivity index (χ0) is 20.2. The zero-order valence-electron chi connectivity index (χ0n) is 16.3. The lowest BCUT2D eigenvalue weighted by molar-refractivity contribution is 0.0941. The van der Waals surface area contributed by atoms with Crippen molar-refractivity contribution in [1.29, 1.82) is 0 Å². The van der Waals surface area contributed by atoms with Crippen LogP contribution in [0, 0.1) is 0 Å². The molecule has 5 heteroatoms. The van der Waals surface area contributed by atoms with Crippen molar-refractivity contribution in [2.24, 2.45) is 0 Å². The van der Waals surface area contributed by atoms with Gasteiger partial charge >= 0.3 is 0 Å². The van der Waals surface area contributed by atoms with Crippen LogP contribution in [0.4, 0.5) is 0 Å².